The zero-order valence-electron chi connectivity index (χ0n) is 12.9. The Morgan fingerprint density at radius 3 is 2.17 bits per heavy atom. The maximum absolute atomic E-state index is 12.2. The van der Waals surface area contributed by atoms with Gasteiger partial charge >= 0.3 is 0 Å². The van der Waals surface area contributed by atoms with Crippen LogP contribution in [0.25, 0.3) is 0 Å². The highest BCUT2D eigenvalue weighted by Gasteiger charge is 2.16. The van der Waals surface area contributed by atoms with Crippen molar-refractivity contribution in [2.45, 2.75) is 26.3 Å². The highest BCUT2D eigenvalue weighted by atomic mass is 35.5. The number of anilines is 1. The van der Waals surface area contributed by atoms with E-state index in [0.717, 1.165) is 0 Å². The van der Waals surface area contributed by atoms with Crippen molar-refractivity contribution in [3.63, 3.8) is 0 Å². The molecule has 2 N–H and O–H groups in total. The van der Waals surface area contributed by atoms with Crippen molar-refractivity contribution >= 4 is 40.4 Å². The average Bonchev–Trinajstić information content (AvgIpc) is 2.47. The van der Waals surface area contributed by atoms with Crippen LogP contribution in [0.2, 0.25) is 10.0 Å². The first-order chi connectivity index (χ1) is 10.7. The van der Waals surface area contributed by atoms with Gasteiger partial charge in [0.1, 0.15) is 12.1 Å². The Labute approximate surface area is 144 Å². The van der Waals surface area contributed by atoms with Crippen LogP contribution in [-0.2, 0) is 0 Å². The van der Waals surface area contributed by atoms with Crippen molar-refractivity contribution in [1.29, 1.82) is 10.5 Å². The number of nitrogens with one attached hydrogen (secondary N) is 2. The fourth-order valence-corrected chi connectivity index (χ4v) is 2.05. The van der Waals surface area contributed by atoms with Crippen LogP contribution in [0.4, 0.5) is 5.69 Å². The molecular weight excluding hydrogens is 337 g/mol. The second kappa shape index (κ2) is 7.94. The average molecular weight is 352 g/mol. The number of rotatable bonds is 5. The quantitative estimate of drug-likeness (QED) is 0.481. The Morgan fingerprint density at radius 1 is 1.22 bits per heavy atom. The van der Waals surface area contributed by atoms with E-state index in [2.05, 4.69) is 15.8 Å². The van der Waals surface area contributed by atoms with E-state index >= 15 is 0 Å². The molecule has 0 aliphatic carbocycles. The minimum absolute atomic E-state index is 0.147. The van der Waals surface area contributed by atoms with E-state index in [-0.39, 0.29) is 39.3 Å². The predicted octanol–water partition coefficient (Wildman–Crippen LogP) is 3.38. The summed E-state index contributed by atoms with van der Waals surface area (Å²) in [6, 6.07) is 6.11. The van der Waals surface area contributed by atoms with Gasteiger partial charge in [-0.2, -0.15) is 15.6 Å². The van der Waals surface area contributed by atoms with Gasteiger partial charge in [0.25, 0.3) is 0 Å². The van der Waals surface area contributed by atoms with Crippen molar-refractivity contribution in [1.82, 2.24) is 5.32 Å². The van der Waals surface area contributed by atoms with Crippen molar-refractivity contribution in [3.05, 3.63) is 27.7 Å². The smallest absolute Gasteiger partial charge is 0.237 e. The third kappa shape index (κ3) is 5.88. The molecule has 0 aromatic heterocycles. The number of hydrogen-bond donors (Lipinski definition) is 2. The zero-order chi connectivity index (χ0) is 17.6. The summed E-state index contributed by atoms with van der Waals surface area (Å²) in [5.74, 6) is -0.159. The monoisotopic (exact) mass is 351 g/mol. The van der Waals surface area contributed by atoms with Crippen LogP contribution in [-0.4, -0.2) is 23.6 Å². The third-order valence-electron chi connectivity index (χ3n) is 2.63. The molecule has 0 unspecified atom stereocenters. The van der Waals surface area contributed by atoms with Crippen molar-refractivity contribution < 1.29 is 4.79 Å². The maximum atomic E-state index is 12.2. The molecular formula is C15H15Cl2N5O. The lowest BCUT2D eigenvalue weighted by atomic mass is 10.1. The van der Waals surface area contributed by atoms with E-state index in [1.165, 1.54) is 12.1 Å². The fourth-order valence-electron chi connectivity index (χ4n) is 1.48. The second-order valence-corrected chi connectivity index (χ2v) is 6.45. The molecule has 0 saturated carbocycles. The topological polar surface area (TPSA) is 101 Å². The molecule has 1 aromatic rings. The van der Waals surface area contributed by atoms with E-state index in [4.69, 9.17) is 33.7 Å². The van der Waals surface area contributed by atoms with E-state index in [0.29, 0.717) is 5.56 Å². The summed E-state index contributed by atoms with van der Waals surface area (Å²) in [6.07, 6.45) is 0. The molecule has 0 fully saturated rings. The Balaban J connectivity index is 2.98. The number of benzene rings is 1. The predicted molar refractivity (Wildman–Crippen MR) is 90.8 cm³/mol. The molecule has 120 valence electrons. The highest BCUT2D eigenvalue weighted by molar-refractivity contribution is 6.39. The minimum Gasteiger partial charge on any atom is -0.305 e. The Hall–Kier alpha value is -2.12. The number of halogens is 2. The summed E-state index contributed by atoms with van der Waals surface area (Å²) in [7, 11) is 0. The van der Waals surface area contributed by atoms with Gasteiger partial charge in [-0.05, 0) is 32.9 Å². The van der Waals surface area contributed by atoms with E-state index in [1.807, 2.05) is 20.8 Å². The summed E-state index contributed by atoms with van der Waals surface area (Å²) in [6.45, 7) is 6.00. The van der Waals surface area contributed by atoms with Gasteiger partial charge in [0.2, 0.25) is 5.71 Å². The first kappa shape index (κ1) is 18.9. The lowest BCUT2D eigenvalue weighted by molar-refractivity contribution is 0.0982. The SMILES string of the molecule is CC(C)(C)NCC(=O)c1cc(Cl)c(NN=C(C#N)C#N)c(Cl)c1. The standard InChI is InChI=1S/C15H15Cl2N5O/c1-15(2,3)20-8-13(23)9-4-11(16)14(12(17)5-9)22-21-10(6-18)7-19/h4-5,20,22H,8H2,1-3H3. The van der Waals surface area contributed by atoms with E-state index < -0.39 is 0 Å². The van der Waals surface area contributed by atoms with Gasteiger partial charge in [-0.3, -0.25) is 10.2 Å². The van der Waals surface area contributed by atoms with Crippen molar-refractivity contribution in [3.8, 4) is 12.1 Å². The fraction of sp³-hybridized carbons (Fsp3) is 0.333. The van der Waals surface area contributed by atoms with Gasteiger partial charge < -0.3 is 5.32 Å². The van der Waals surface area contributed by atoms with Gasteiger partial charge in [-0.1, -0.05) is 23.2 Å². The van der Waals surface area contributed by atoms with Crippen LogP contribution < -0.4 is 10.7 Å². The summed E-state index contributed by atoms with van der Waals surface area (Å²) >= 11 is 12.2. The van der Waals surface area contributed by atoms with Crippen molar-refractivity contribution in [2.75, 3.05) is 12.0 Å². The summed E-state index contributed by atoms with van der Waals surface area (Å²) in [5.41, 5.74) is 2.47. The van der Waals surface area contributed by atoms with E-state index in [9.17, 15) is 4.79 Å². The Morgan fingerprint density at radius 2 is 1.74 bits per heavy atom. The van der Waals surface area contributed by atoms with Crippen LogP contribution in [0.15, 0.2) is 17.2 Å². The molecule has 0 aliphatic rings. The number of hydrazone groups is 1. The molecule has 0 bridgehead atoms. The van der Waals surface area contributed by atoms with Gasteiger partial charge in [-0.25, -0.2) is 0 Å². The van der Waals surface area contributed by atoms with Crippen LogP contribution in [0.5, 0.6) is 0 Å². The first-order valence-corrected chi connectivity index (χ1v) is 7.34. The zero-order valence-corrected chi connectivity index (χ0v) is 14.4. The number of hydrogen-bond acceptors (Lipinski definition) is 6. The number of nitriles is 2. The molecule has 0 saturated heterocycles. The Kier molecular flexibility index (Phi) is 6.53. The van der Waals surface area contributed by atoms with Gasteiger partial charge in [0.05, 0.1) is 22.3 Å². The first-order valence-electron chi connectivity index (χ1n) is 6.59. The van der Waals surface area contributed by atoms with Crippen molar-refractivity contribution in [2.24, 2.45) is 5.10 Å². The normalized spacial score (nSPS) is 10.4. The van der Waals surface area contributed by atoms with Crippen LogP contribution >= 0.6 is 23.2 Å². The summed E-state index contributed by atoms with van der Waals surface area (Å²) in [4.78, 5) is 12.2. The summed E-state index contributed by atoms with van der Waals surface area (Å²) in [5, 5.41) is 24.2. The molecule has 0 atom stereocenters. The molecule has 23 heavy (non-hydrogen) atoms. The highest BCUT2D eigenvalue weighted by Crippen LogP contribution is 2.32. The number of ketones is 1. The van der Waals surface area contributed by atoms with Crippen LogP contribution in [0, 0.1) is 22.7 Å². The molecule has 0 amide bonds. The third-order valence-corrected chi connectivity index (χ3v) is 3.23. The number of nitrogens with zero attached hydrogens (tertiary/aromatic N) is 3. The lowest BCUT2D eigenvalue weighted by Crippen LogP contribution is -2.39. The minimum atomic E-state index is -0.369. The number of Topliss-reactive ketones (excluding diaryl/α,β-unsaturated/α-hetero) is 1. The summed E-state index contributed by atoms with van der Waals surface area (Å²) < 4.78 is 0. The number of carbonyl (C=O) groups is 1. The van der Waals surface area contributed by atoms with Crippen LogP contribution in [0.1, 0.15) is 31.1 Å². The molecule has 0 aliphatic heterocycles. The molecule has 1 aromatic carbocycles. The molecule has 8 heteroatoms. The molecule has 0 heterocycles. The van der Waals surface area contributed by atoms with Crippen LogP contribution in [0.3, 0.4) is 0 Å². The van der Waals surface area contributed by atoms with Gasteiger partial charge in [-0.15, -0.1) is 0 Å². The largest absolute Gasteiger partial charge is 0.305 e. The van der Waals surface area contributed by atoms with E-state index in [1.54, 1.807) is 12.1 Å². The molecule has 6 nitrogen and oxygen atoms in total. The molecule has 1 rings (SSSR count). The van der Waals surface area contributed by atoms with Gasteiger partial charge in [0.15, 0.2) is 5.78 Å². The maximum Gasteiger partial charge on any atom is 0.237 e. The lowest BCUT2D eigenvalue weighted by Gasteiger charge is -2.20. The van der Waals surface area contributed by atoms with Gasteiger partial charge in [0, 0.05) is 11.1 Å². The molecule has 0 radical (unpaired) electrons. The second-order valence-electron chi connectivity index (χ2n) is 5.64. The molecule has 0 spiro atoms. The number of carbonyl (C=O) groups excluding carboxylic acids is 1. The Bertz CT molecular complexity index is 684.